The first-order valence-corrected chi connectivity index (χ1v) is 22.9. The molecule has 0 spiro atoms. The minimum atomic E-state index is -2.96. The summed E-state index contributed by atoms with van der Waals surface area (Å²) in [5.41, 5.74) is -0.110. The number of hydrogen-bond acceptors (Lipinski definition) is 4. The normalized spacial score (nSPS) is 20.7. The van der Waals surface area contributed by atoms with E-state index in [2.05, 4.69) is 20.8 Å². The Kier molecular flexibility index (Phi) is 21.7. The van der Waals surface area contributed by atoms with Gasteiger partial charge in [0.15, 0.2) is 0 Å². The molecule has 4 nitrogen and oxygen atoms in total. The molecule has 0 aliphatic heterocycles. The van der Waals surface area contributed by atoms with Crippen molar-refractivity contribution in [2.24, 2.45) is 0 Å². The molecule has 2 rings (SSSR count). The van der Waals surface area contributed by atoms with Crippen molar-refractivity contribution in [3.63, 3.8) is 0 Å². The van der Waals surface area contributed by atoms with Crippen LogP contribution < -0.4 is 0 Å². The summed E-state index contributed by atoms with van der Waals surface area (Å²) < 4.78 is 43.5. The fourth-order valence-corrected chi connectivity index (χ4v) is 14.2. The lowest BCUT2D eigenvalue weighted by Gasteiger charge is -2.36. The topological polar surface area (TPSA) is 52.6 Å². The van der Waals surface area contributed by atoms with Gasteiger partial charge in [0.25, 0.3) is 0 Å². The van der Waals surface area contributed by atoms with Gasteiger partial charge in [0.05, 0.1) is 12.2 Å². The highest BCUT2D eigenvalue weighted by Crippen LogP contribution is 2.62. The molecule has 0 N–H and O–H groups in total. The van der Waals surface area contributed by atoms with E-state index in [1.54, 1.807) is 0 Å². The maximum atomic E-state index is 15.2. The Morgan fingerprint density at radius 3 is 1.48 bits per heavy atom. The Labute approximate surface area is 262 Å². The average molecular weight is 631 g/mol. The third-order valence-corrected chi connectivity index (χ3v) is 16.0. The van der Waals surface area contributed by atoms with E-state index in [4.69, 9.17) is 9.05 Å². The lowest BCUT2D eigenvalue weighted by atomic mass is 9.98. The highest BCUT2D eigenvalue weighted by Gasteiger charge is 2.41. The fourth-order valence-electron chi connectivity index (χ4n) is 7.16. The molecule has 0 aromatic heterocycles. The van der Waals surface area contributed by atoms with Gasteiger partial charge < -0.3 is 9.05 Å². The zero-order chi connectivity index (χ0) is 30.4. The van der Waals surface area contributed by atoms with Gasteiger partial charge in [-0.05, 0) is 44.9 Å². The van der Waals surface area contributed by atoms with E-state index < -0.39 is 14.7 Å². The van der Waals surface area contributed by atoms with Crippen LogP contribution in [0.5, 0.6) is 0 Å². The van der Waals surface area contributed by atoms with Gasteiger partial charge in [-0.1, -0.05) is 149 Å². The van der Waals surface area contributed by atoms with Crippen LogP contribution in [0.3, 0.4) is 0 Å². The van der Waals surface area contributed by atoms with Crippen LogP contribution in [0.2, 0.25) is 0 Å². The van der Waals surface area contributed by atoms with Gasteiger partial charge in [-0.15, -0.1) is 0 Å². The largest absolute Gasteiger partial charge is 0.325 e. The predicted molar refractivity (Wildman–Crippen MR) is 185 cm³/mol. The first-order valence-electron chi connectivity index (χ1n) is 19.0. The van der Waals surface area contributed by atoms with Crippen LogP contribution >= 0.6 is 14.7 Å². The van der Waals surface area contributed by atoms with E-state index >= 15 is 4.57 Å². The Balaban J connectivity index is 2.23. The molecule has 2 saturated carbocycles. The molecule has 0 radical (unpaired) electrons. The van der Waals surface area contributed by atoms with Crippen molar-refractivity contribution in [2.45, 2.75) is 212 Å². The Morgan fingerprint density at radius 2 is 0.952 bits per heavy atom. The summed E-state index contributed by atoms with van der Waals surface area (Å²) in [5.74, 6) is 0. The summed E-state index contributed by atoms with van der Waals surface area (Å²) in [7, 11) is -5.87. The average Bonchev–Trinajstić information content (AvgIpc) is 2.99. The third kappa shape index (κ3) is 16.6. The molecule has 42 heavy (non-hydrogen) atoms. The number of unbranched alkanes of at least 4 members (excludes halogenated alkanes) is 13. The van der Waals surface area contributed by atoms with Gasteiger partial charge in [-0.3, -0.25) is 9.13 Å². The molecular formula is C36H72O4P2. The van der Waals surface area contributed by atoms with Crippen LogP contribution in [-0.4, -0.2) is 36.4 Å². The van der Waals surface area contributed by atoms with Crippen molar-refractivity contribution in [3.8, 4) is 0 Å². The van der Waals surface area contributed by atoms with E-state index in [0.717, 1.165) is 64.2 Å². The second-order valence-electron chi connectivity index (χ2n) is 13.9. The molecule has 0 aromatic carbocycles. The molecule has 250 valence electrons. The molecule has 0 heterocycles. The number of hydrogen-bond donors (Lipinski definition) is 0. The van der Waals surface area contributed by atoms with E-state index in [-0.39, 0.29) is 17.9 Å². The van der Waals surface area contributed by atoms with Gasteiger partial charge in [-0.2, -0.15) is 0 Å². The maximum absolute atomic E-state index is 15.2. The van der Waals surface area contributed by atoms with Crippen LogP contribution in [0.25, 0.3) is 0 Å². The van der Waals surface area contributed by atoms with E-state index in [1.165, 1.54) is 109 Å². The van der Waals surface area contributed by atoms with Crippen LogP contribution in [-0.2, 0) is 18.2 Å². The van der Waals surface area contributed by atoms with Crippen molar-refractivity contribution >= 4 is 14.7 Å². The lowest BCUT2D eigenvalue weighted by molar-refractivity contribution is 0.151. The second-order valence-corrected chi connectivity index (χ2v) is 19.4. The quantitative estimate of drug-likeness (QED) is 0.0705. The molecule has 6 heteroatoms. The summed E-state index contributed by atoms with van der Waals surface area (Å²) in [6, 6.07) is 0. The Hall–Kier alpha value is 0.380. The van der Waals surface area contributed by atoms with Gasteiger partial charge in [0, 0.05) is 24.1 Å². The molecule has 0 bridgehead atoms. The molecule has 3 unspecified atom stereocenters. The minimum absolute atomic E-state index is 0.110. The van der Waals surface area contributed by atoms with Crippen LogP contribution in [0, 0.1) is 0 Å². The molecule has 2 aliphatic carbocycles. The predicted octanol–water partition coefficient (Wildman–Crippen LogP) is 13.3. The molecule has 0 aromatic rings. The maximum Gasteiger partial charge on any atom is 0.206 e. The van der Waals surface area contributed by atoms with Crippen molar-refractivity contribution in [2.75, 3.05) is 18.5 Å². The van der Waals surface area contributed by atoms with Crippen molar-refractivity contribution in [3.05, 3.63) is 0 Å². The standard InChI is InChI=1S/C36H72O4P2/c1-4-7-10-13-15-24-31-41(37,39-34-26-19-17-20-27-34)33-36(30-23-12-9-6-3)42(38,32-25-16-14-11-8-5-2)40-35-28-21-18-22-29-35/h34-36H,4-33H2,1-3H3. The summed E-state index contributed by atoms with van der Waals surface area (Å²) in [6.07, 6.45) is 33.3. The summed E-state index contributed by atoms with van der Waals surface area (Å²) in [6.45, 7) is 6.76. The second kappa shape index (κ2) is 23.7. The first kappa shape index (κ1) is 38.6. The van der Waals surface area contributed by atoms with Crippen LogP contribution in [0.4, 0.5) is 0 Å². The molecular weight excluding hydrogens is 558 g/mol. The van der Waals surface area contributed by atoms with E-state index in [0.29, 0.717) is 18.5 Å². The highest BCUT2D eigenvalue weighted by atomic mass is 31.2. The monoisotopic (exact) mass is 630 g/mol. The summed E-state index contributed by atoms with van der Waals surface area (Å²) in [4.78, 5) is 0. The van der Waals surface area contributed by atoms with E-state index in [1.807, 2.05) is 0 Å². The van der Waals surface area contributed by atoms with Gasteiger partial charge >= 0.3 is 0 Å². The van der Waals surface area contributed by atoms with Crippen LogP contribution in [0.1, 0.15) is 194 Å². The lowest BCUT2D eigenvalue weighted by Crippen LogP contribution is -2.26. The molecule has 2 fully saturated rings. The third-order valence-electron chi connectivity index (χ3n) is 9.88. The molecule has 2 aliphatic rings. The SMILES string of the molecule is CCCCCCCCP(=O)(CC(CCCCCC)P(=O)(CCCCCCCC)OC1CCCCC1)OC1CCCCC1. The van der Waals surface area contributed by atoms with Crippen molar-refractivity contribution in [1.29, 1.82) is 0 Å². The van der Waals surface area contributed by atoms with Gasteiger partial charge in [0.2, 0.25) is 14.7 Å². The van der Waals surface area contributed by atoms with Crippen LogP contribution in [0.15, 0.2) is 0 Å². The van der Waals surface area contributed by atoms with E-state index in [9.17, 15) is 4.57 Å². The molecule has 0 saturated heterocycles. The summed E-state index contributed by atoms with van der Waals surface area (Å²) in [5, 5.41) is 0. The summed E-state index contributed by atoms with van der Waals surface area (Å²) >= 11 is 0. The smallest absolute Gasteiger partial charge is 0.206 e. The van der Waals surface area contributed by atoms with Gasteiger partial charge in [-0.25, -0.2) is 0 Å². The zero-order valence-corrected chi connectivity index (χ0v) is 30.3. The molecule has 3 atom stereocenters. The fraction of sp³-hybridized carbons (Fsp3) is 1.00. The van der Waals surface area contributed by atoms with Crippen molar-refractivity contribution in [1.82, 2.24) is 0 Å². The highest BCUT2D eigenvalue weighted by molar-refractivity contribution is 7.63. The minimum Gasteiger partial charge on any atom is -0.325 e. The molecule has 0 amide bonds. The van der Waals surface area contributed by atoms with Crippen molar-refractivity contribution < 1.29 is 18.2 Å². The number of rotatable bonds is 26. The zero-order valence-electron chi connectivity index (χ0n) is 28.5. The Morgan fingerprint density at radius 1 is 0.524 bits per heavy atom. The Bertz CT molecular complexity index is 730. The first-order chi connectivity index (χ1) is 20.4. The van der Waals surface area contributed by atoms with Gasteiger partial charge in [0.1, 0.15) is 0 Å².